The van der Waals surface area contributed by atoms with Crippen molar-refractivity contribution in [2.24, 2.45) is 0 Å². The second-order valence-electron chi connectivity index (χ2n) is 10.8. The number of hydrogen-bond acceptors (Lipinski definition) is 6. The number of carbonyl (C=O) groups is 2. The van der Waals surface area contributed by atoms with Gasteiger partial charge in [0.1, 0.15) is 6.26 Å². The Bertz CT molecular complexity index is 1500. The van der Waals surface area contributed by atoms with Crippen molar-refractivity contribution >= 4 is 28.9 Å². The molecule has 0 unspecified atom stereocenters. The highest BCUT2D eigenvalue weighted by atomic mass is 16.3. The molecule has 0 atom stereocenters. The van der Waals surface area contributed by atoms with E-state index in [1.165, 1.54) is 17.5 Å². The Morgan fingerprint density at radius 1 is 0.927 bits per heavy atom. The second kappa shape index (κ2) is 11.9. The van der Waals surface area contributed by atoms with Gasteiger partial charge in [0.25, 0.3) is 11.8 Å². The highest BCUT2D eigenvalue weighted by molar-refractivity contribution is 6.06. The number of nitrogens with zero attached hydrogens (tertiary/aromatic N) is 4. The van der Waals surface area contributed by atoms with Gasteiger partial charge < -0.3 is 29.4 Å². The molecule has 0 radical (unpaired) electrons. The van der Waals surface area contributed by atoms with Gasteiger partial charge in [-0.05, 0) is 68.1 Å². The van der Waals surface area contributed by atoms with Crippen LogP contribution in [0.15, 0.2) is 77.7 Å². The quantitative estimate of drug-likeness (QED) is 0.267. The monoisotopic (exact) mass is 552 g/mol. The number of benzene rings is 2. The molecule has 2 fully saturated rings. The zero-order chi connectivity index (χ0) is 28.2. The van der Waals surface area contributed by atoms with Crippen molar-refractivity contribution in [3.05, 3.63) is 96.0 Å². The van der Waals surface area contributed by atoms with Crippen LogP contribution in [0.4, 0.5) is 17.1 Å². The van der Waals surface area contributed by atoms with Crippen LogP contribution in [0.5, 0.6) is 0 Å². The lowest BCUT2D eigenvalue weighted by Gasteiger charge is -2.38. The number of hydrogen-bond donors (Lipinski definition) is 2. The summed E-state index contributed by atoms with van der Waals surface area (Å²) in [7, 11) is 0. The molecule has 2 N–H and O–H groups in total. The van der Waals surface area contributed by atoms with Crippen LogP contribution in [0.3, 0.4) is 0 Å². The molecule has 212 valence electrons. The van der Waals surface area contributed by atoms with E-state index in [-0.39, 0.29) is 17.5 Å². The number of carbonyl (C=O) groups excluding carboxylic acids is 2. The maximum atomic E-state index is 13.2. The number of anilines is 3. The van der Waals surface area contributed by atoms with Crippen LogP contribution in [0.25, 0.3) is 0 Å². The number of piperazine rings is 1. The maximum absolute atomic E-state index is 13.2. The number of amides is 2. The van der Waals surface area contributed by atoms with Crippen LogP contribution >= 0.6 is 0 Å². The van der Waals surface area contributed by atoms with Crippen molar-refractivity contribution in [1.29, 1.82) is 0 Å². The van der Waals surface area contributed by atoms with E-state index in [1.54, 1.807) is 6.07 Å². The summed E-state index contributed by atoms with van der Waals surface area (Å²) in [4.78, 5) is 35.3. The van der Waals surface area contributed by atoms with Gasteiger partial charge in [-0.15, -0.1) is 0 Å². The standard InChI is InChI=1S/C32H36N6O3/c1-23-7-2-3-8-28(23)37-17-19-38(20-18-37)29-12-11-25(30(39)33-13-6-16-36-14-4-5-15-36)21-26(29)34-31(40)27-22-41-32(35-27)24-9-10-24/h2-5,7-8,11-12,14-15,21-22,24H,6,9-10,13,16-20H2,1H3,(H,33,39)(H,34,40). The fourth-order valence-corrected chi connectivity index (χ4v) is 5.34. The molecule has 2 aliphatic rings. The fraction of sp³-hybridized carbons (Fsp3) is 0.344. The average Bonchev–Trinajstić information content (AvgIpc) is 3.48. The highest BCUT2D eigenvalue weighted by Gasteiger charge is 2.30. The molecule has 0 bridgehead atoms. The van der Waals surface area contributed by atoms with E-state index in [2.05, 4.69) is 61.2 Å². The Morgan fingerprint density at radius 3 is 2.39 bits per heavy atom. The topological polar surface area (TPSA) is 95.6 Å². The third kappa shape index (κ3) is 6.29. The summed E-state index contributed by atoms with van der Waals surface area (Å²) in [6.45, 7) is 6.83. The normalized spacial score (nSPS) is 15.1. The van der Waals surface area contributed by atoms with Crippen molar-refractivity contribution in [3.8, 4) is 0 Å². The van der Waals surface area contributed by atoms with Gasteiger partial charge in [0, 0.05) is 68.8 Å². The fourth-order valence-electron chi connectivity index (χ4n) is 5.34. The Kier molecular flexibility index (Phi) is 7.75. The number of aromatic nitrogens is 2. The molecule has 3 heterocycles. The average molecular weight is 553 g/mol. The first-order valence-electron chi connectivity index (χ1n) is 14.4. The minimum absolute atomic E-state index is 0.165. The van der Waals surface area contributed by atoms with Crippen LogP contribution in [-0.4, -0.2) is 54.1 Å². The Labute approximate surface area is 240 Å². The van der Waals surface area contributed by atoms with Gasteiger partial charge in [-0.1, -0.05) is 18.2 Å². The SMILES string of the molecule is Cc1ccccc1N1CCN(c2ccc(C(=O)NCCCn3cccc3)cc2NC(=O)c2coc(C3CC3)n2)CC1. The third-order valence-electron chi connectivity index (χ3n) is 7.81. The molecule has 2 aromatic carbocycles. The van der Waals surface area contributed by atoms with Crippen LogP contribution in [0, 0.1) is 6.92 Å². The van der Waals surface area contributed by atoms with Gasteiger partial charge in [0.05, 0.1) is 11.4 Å². The molecule has 9 nitrogen and oxygen atoms in total. The van der Waals surface area contributed by atoms with Crippen molar-refractivity contribution in [3.63, 3.8) is 0 Å². The van der Waals surface area contributed by atoms with E-state index in [0.717, 1.165) is 57.7 Å². The smallest absolute Gasteiger partial charge is 0.277 e. The van der Waals surface area contributed by atoms with Gasteiger partial charge in [-0.3, -0.25) is 9.59 Å². The van der Waals surface area contributed by atoms with Crippen LogP contribution in [0.2, 0.25) is 0 Å². The van der Waals surface area contributed by atoms with Crippen LogP contribution < -0.4 is 20.4 Å². The lowest BCUT2D eigenvalue weighted by atomic mass is 10.1. The van der Waals surface area contributed by atoms with Gasteiger partial charge >= 0.3 is 0 Å². The maximum Gasteiger partial charge on any atom is 0.277 e. The van der Waals surface area contributed by atoms with E-state index < -0.39 is 0 Å². The third-order valence-corrected chi connectivity index (χ3v) is 7.81. The Balaban J connectivity index is 1.17. The molecular weight excluding hydrogens is 516 g/mol. The zero-order valence-corrected chi connectivity index (χ0v) is 23.4. The van der Waals surface area contributed by atoms with E-state index >= 15 is 0 Å². The second-order valence-corrected chi connectivity index (χ2v) is 10.8. The Hall–Kier alpha value is -4.53. The number of para-hydroxylation sites is 1. The molecule has 0 spiro atoms. The van der Waals surface area contributed by atoms with Gasteiger partial charge in [-0.25, -0.2) is 4.98 Å². The first-order chi connectivity index (χ1) is 20.0. The van der Waals surface area contributed by atoms with E-state index in [9.17, 15) is 9.59 Å². The largest absolute Gasteiger partial charge is 0.448 e. The molecule has 1 saturated heterocycles. The molecule has 41 heavy (non-hydrogen) atoms. The van der Waals surface area contributed by atoms with Crippen LogP contribution in [0.1, 0.15) is 57.5 Å². The summed E-state index contributed by atoms with van der Waals surface area (Å²) < 4.78 is 7.64. The van der Waals surface area contributed by atoms with Gasteiger partial charge in [-0.2, -0.15) is 0 Å². The molecule has 9 heteroatoms. The van der Waals surface area contributed by atoms with Crippen LogP contribution in [-0.2, 0) is 6.54 Å². The van der Waals surface area contributed by atoms with Gasteiger partial charge in [0.15, 0.2) is 11.6 Å². The summed E-state index contributed by atoms with van der Waals surface area (Å²) in [6.07, 6.45) is 8.36. The van der Waals surface area contributed by atoms with Crippen molar-refractivity contribution in [2.75, 3.05) is 47.8 Å². The zero-order valence-electron chi connectivity index (χ0n) is 23.4. The number of rotatable bonds is 10. The molecule has 2 amide bonds. The van der Waals surface area contributed by atoms with Crippen molar-refractivity contribution in [1.82, 2.24) is 14.9 Å². The summed E-state index contributed by atoms with van der Waals surface area (Å²) in [5.74, 6) is 0.433. The lowest BCUT2D eigenvalue weighted by molar-refractivity contribution is 0.0951. The number of nitrogens with one attached hydrogen (secondary N) is 2. The molecule has 2 aromatic heterocycles. The minimum Gasteiger partial charge on any atom is -0.448 e. The molecular formula is C32H36N6O3. The molecule has 1 saturated carbocycles. The first-order valence-corrected chi connectivity index (χ1v) is 14.4. The van der Waals surface area contributed by atoms with E-state index in [4.69, 9.17) is 4.42 Å². The summed E-state index contributed by atoms with van der Waals surface area (Å²) in [6, 6.07) is 18.0. The molecule has 1 aliphatic heterocycles. The molecule has 6 rings (SSSR count). The summed E-state index contributed by atoms with van der Waals surface area (Å²) in [5, 5.41) is 6.04. The summed E-state index contributed by atoms with van der Waals surface area (Å²) >= 11 is 0. The van der Waals surface area contributed by atoms with Gasteiger partial charge in [0.2, 0.25) is 0 Å². The number of oxazole rings is 1. The Morgan fingerprint density at radius 2 is 1.66 bits per heavy atom. The lowest BCUT2D eigenvalue weighted by Crippen LogP contribution is -2.47. The summed E-state index contributed by atoms with van der Waals surface area (Å²) in [5.41, 5.74) is 4.75. The van der Waals surface area contributed by atoms with Crippen molar-refractivity contribution < 1.29 is 14.0 Å². The van der Waals surface area contributed by atoms with Crippen molar-refractivity contribution in [2.45, 2.75) is 38.6 Å². The molecule has 1 aliphatic carbocycles. The minimum atomic E-state index is -0.343. The highest BCUT2D eigenvalue weighted by Crippen LogP contribution is 2.39. The number of aryl methyl sites for hydroxylation is 2. The predicted molar refractivity (Wildman–Crippen MR) is 160 cm³/mol. The van der Waals surface area contributed by atoms with E-state index in [0.29, 0.717) is 29.6 Å². The van der Waals surface area contributed by atoms with E-state index in [1.807, 2.05) is 36.7 Å². The predicted octanol–water partition coefficient (Wildman–Crippen LogP) is 5.06. The first kappa shape index (κ1) is 26.7. The molecule has 4 aromatic rings.